The number of hydrogen-bond donors (Lipinski definition) is 3. The molecule has 4 N–H and O–H groups in total. The summed E-state index contributed by atoms with van der Waals surface area (Å²) in [6.07, 6.45) is 1.45. The zero-order valence-corrected chi connectivity index (χ0v) is 30.9. The van der Waals surface area contributed by atoms with Gasteiger partial charge in [0.15, 0.2) is 0 Å². The van der Waals surface area contributed by atoms with Gasteiger partial charge in [0.05, 0.1) is 46.0 Å². The highest BCUT2D eigenvalue weighted by atomic mass is 32.1. The highest BCUT2D eigenvalue weighted by Gasteiger charge is 2.14. The van der Waals surface area contributed by atoms with Gasteiger partial charge in [-0.25, -0.2) is 19.6 Å². The number of ether oxygens (including phenoxy) is 2. The number of isocyanates is 1. The second kappa shape index (κ2) is 18.1. The van der Waals surface area contributed by atoms with Crippen LogP contribution in [0.4, 0.5) is 27.5 Å². The quantitative estimate of drug-likeness (QED) is 0.0836. The van der Waals surface area contributed by atoms with E-state index < -0.39 is 0 Å². The average Bonchev–Trinajstić information content (AvgIpc) is 3.84. The maximum Gasteiger partial charge on any atom is 0.323 e. The monoisotopic (exact) mass is 750 g/mol. The number of para-hydroxylation sites is 8. The van der Waals surface area contributed by atoms with Crippen LogP contribution in [0, 0.1) is 0 Å². The molecular weight excluding hydrogens is 717 g/mol. The maximum absolute atomic E-state index is 12.5. The van der Waals surface area contributed by atoms with Crippen molar-refractivity contribution in [3.05, 3.63) is 146 Å². The molecule has 0 radical (unpaired) electrons. The summed E-state index contributed by atoms with van der Waals surface area (Å²) in [5.74, 6) is 1.18. The Morgan fingerprint density at radius 2 is 1.09 bits per heavy atom. The first-order valence-electron chi connectivity index (χ1n) is 16.5. The fraction of sp³-hybridized carbons (Fsp3) is 0.0476. The SMILES string of the molecule is COc1ccccc1N=C=O.COc1ccccc1NC(=O)Nc1ccccc1-c1nc2ccccc2s1.Nc1ccccc1-c1nc2ccccc2s1. The number of nitrogens with one attached hydrogen (secondary N) is 2. The van der Waals surface area contributed by atoms with E-state index in [0.29, 0.717) is 28.6 Å². The van der Waals surface area contributed by atoms with Gasteiger partial charge in [-0.15, -0.1) is 22.7 Å². The largest absolute Gasteiger partial charge is 0.495 e. The summed E-state index contributed by atoms with van der Waals surface area (Å²) >= 11 is 3.27. The smallest absolute Gasteiger partial charge is 0.323 e. The Bertz CT molecular complexity index is 2500. The second-order valence-corrected chi connectivity index (χ2v) is 13.3. The number of amides is 2. The van der Waals surface area contributed by atoms with Crippen molar-refractivity contribution >= 4 is 78.0 Å². The molecule has 0 bridgehead atoms. The Morgan fingerprint density at radius 3 is 1.70 bits per heavy atom. The first-order chi connectivity index (χ1) is 26.5. The molecule has 54 heavy (non-hydrogen) atoms. The van der Waals surface area contributed by atoms with Crippen LogP contribution in [0.5, 0.6) is 11.5 Å². The molecule has 0 atom stereocenters. The predicted octanol–water partition coefficient (Wildman–Crippen LogP) is 10.8. The summed E-state index contributed by atoms with van der Waals surface area (Å²) in [7, 11) is 3.10. The van der Waals surface area contributed by atoms with Crippen molar-refractivity contribution < 1.29 is 19.1 Å². The maximum atomic E-state index is 12.5. The second-order valence-electron chi connectivity index (χ2n) is 11.3. The number of carbonyl (C=O) groups is 1. The highest BCUT2D eigenvalue weighted by molar-refractivity contribution is 7.22. The van der Waals surface area contributed by atoms with Crippen molar-refractivity contribution in [1.82, 2.24) is 9.97 Å². The molecule has 0 aliphatic heterocycles. The molecule has 0 saturated carbocycles. The number of rotatable bonds is 7. The van der Waals surface area contributed by atoms with Gasteiger partial charge < -0.3 is 25.8 Å². The van der Waals surface area contributed by atoms with E-state index in [4.69, 9.17) is 15.2 Å². The number of thiazole rings is 2. The van der Waals surface area contributed by atoms with E-state index in [0.717, 1.165) is 42.6 Å². The van der Waals surface area contributed by atoms with Crippen molar-refractivity contribution in [3.8, 4) is 32.6 Å². The molecule has 0 spiro atoms. The molecule has 0 unspecified atom stereocenters. The van der Waals surface area contributed by atoms with Gasteiger partial charge in [0.25, 0.3) is 0 Å². The predicted molar refractivity (Wildman–Crippen MR) is 221 cm³/mol. The number of anilines is 3. The number of carbonyl (C=O) groups excluding carboxylic acids is 2. The number of fused-ring (bicyclic) bond motifs is 2. The van der Waals surface area contributed by atoms with Gasteiger partial charge in [-0.1, -0.05) is 72.8 Å². The topological polar surface area (TPSA) is 141 Å². The van der Waals surface area contributed by atoms with Crippen LogP contribution in [0.2, 0.25) is 0 Å². The van der Waals surface area contributed by atoms with Gasteiger partial charge in [-0.3, -0.25) is 0 Å². The zero-order valence-electron chi connectivity index (χ0n) is 29.2. The standard InChI is InChI=1S/C21H17N3O2S.C13H10N2S.C8H7NO2/c1-26-18-12-6-4-10-16(18)24-21(25)23-15-9-3-2-8-14(15)20-22-17-11-5-7-13-19(17)27-20;14-10-6-2-1-5-9(10)13-15-11-7-3-4-8-12(11)16-13;1-11-8-5-3-2-4-7(8)9-6-10/h2-13H,1H3,(H2,23,24,25);1-8H,14H2;2-5H,1H3. The van der Waals surface area contributed by atoms with E-state index in [1.54, 1.807) is 60.1 Å². The van der Waals surface area contributed by atoms with E-state index in [2.05, 4.69) is 31.7 Å². The van der Waals surface area contributed by atoms with E-state index in [-0.39, 0.29) is 6.03 Å². The molecule has 268 valence electrons. The fourth-order valence-electron chi connectivity index (χ4n) is 5.24. The summed E-state index contributed by atoms with van der Waals surface area (Å²) in [6.45, 7) is 0. The lowest BCUT2D eigenvalue weighted by Gasteiger charge is -2.12. The fourth-order valence-corrected chi connectivity index (χ4v) is 7.26. The number of nitrogens with two attached hydrogens (primary N) is 1. The number of hydrogen-bond acceptors (Lipinski definition) is 10. The van der Waals surface area contributed by atoms with Gasteiger partial charge in [0.1, 0.15) is 27.2 Å². The van der Waals surface area contributed by atoms with Crippen LogP contribution >= 0.6 is 22.7 Å². The number of aromatic nitrogens is 2. The lowest BCUT2D eigenvalue weighted by Crippen LogP contribution is -2.20. The number of nitrogen functional groups attached to an aromatic ring is 1. The third-order valence-corrected chi connectivity index (χ3v) is 9.93. The van der Waals surface area contributed by atoms with Crippen LogP contribution in [0.25, 0.3) is 41.6 Å². The molecule has 0 saturated heterocycles. The van der Waals surface area contributed by atoms with Crippen LogP contribution in [-0.4, -0.2) is 36.3 Å². The Balaban J connectivity index is 0.000000155. The first kappa shape index (κ1) is 36.9. The van der Waals surface area contributed by atoms with Gasteiger partial charge in [-0.05, 0) is 72.8 Å². The van der Waals surface area contributed by atoms with Crippen LogP contribution in [0.1, 0.15) is 0 Å². The van der Waals surface area contributed by atoms with Crippen molar-refractivity contribution in [3.63, 3.8) is 0 Å². The molecule has 12 heteroatoms. The van der Waals surface area contributed by atoms with Crippen molar-refractivity contribution in [2.75, 3.05) is 30.6 Å². The molecule has 2 heterocycles. The summed E-state index contributed by atoms with van der Waals surface area (Å²) in [6, 6.07) is 45.5. The van der Waals surface area contributed by atoms with Crippen LogP contribution < -0.4 is 25.8 Å². The van der Waals surface area contributed by atoms with Crippen molar-refractivity contribution in [2.24, 2.45) is 4.99 Å². The third kappa shape index (κ3) is 9.14. The normalized spacial score (nSPS) is 10.2. The molecule has 6 aromatic carbocycles. The minimum atomic E-state index is -0.340. The molecule has 0 aliphatic carbocycles. The Hall–Kier alpha value is -6.85. The average molecular weight is 751 g/mol. The number of nitrogens with zero attached hydrogens (tertiary/aromatic N) is 3. The zero-order chi connectivity index (χ0) is 37.7. The Morgan fingerprint density at radius 1 is 0.611 bits per heavy atom. The van der Waals surface area contributed by atoms with Gasteiger partial charge in [0.2, 0.25) is 6.08 Å². The number of methoxy groups -OCH3 is 2. The third-order valence-electron chi connectivity index (χ3n) is 7.79. The molecule has 0 aliphatic rings. The molecule has 8 rings (SSSR count). The van der Waals surface area contributed by atoms with E-state index in [1.165, 1.54) is 17.9 Å². The summed E-state index contributed by atoms with van der Waals surface area (Å²) < 4.78 is 12.5. The number of aliphatic imine (C=N–C) groups is 1. The van der Waals surface area contributed by atoms with E-state index in [1.807, 2.05) is 109 Å². The van der Waals surface area contributed by atoms with Crippen LogP contribution in [0.15, 0.2) is 151 Å². The molecule has 2 amide bonds. The minimum absolute atomic E-state index is 0.340. The summed E-state index contributed by atoms with van der Waals surface area (Å²) in [4.78, 5) is 35.1. The number of benzene rings is 6. The van der Waals surface area contributed by atoms with E-state index in [9.17, 15) is 9.59 Å². The van der Waals surface area contributed by atoms with Crippen molar-refractivity contribution in [2.45, 2.75) is 0 Å². The lowest BCUT2D eigenvalue weighted by molar-refractivity contribution is 0.262. The molecule has 0 fully saturated rings. The highest BCUT2D eigenvalue weighted by Crippen LogP contribution is 2.35. The van der Waals surface area contributed by atoms with Gasteiger partial charge >= 0.3 is 6.03 Å². The molecule has 8 aromatic rings. The van der Waals surface area contributed by atoms with Crippen molar-refractivity contribution in [1.29, 1.82) is 0 Å². The Labute approximate surface area is 319 Å². The van der Waals surface area contributed by atoms with Gasteiger partial charge in [0, 0.05) is 16.8 Å². The summed E-state index contributed by atoms with van der Waals surface area (Å²) in [5, 5.41) is 7.59. The molecular formula is C42H34N6O4S2. The lowest BCUT2D eigenvalue weighted by atomic mass is 10.2. The van der Waals surface area contributed by atoms with Crippen LogP contribution in [0.3, 0.4) is 0 Å². The van der Waals surface area contributed by atoms with Crippen LogP contribution in [-0.2, 0) is 4.79 Å². The Kier molecular flexibility index (Phi) is 12.4. The van der Waals surface area contributed by atoms with E-state index >= 15 is 0 Å². The molecule has 2 aromatic heterocycles. The minimum Gasteiger partial charge on any atom is -0.495 e. The molecule has 10 nitrogen and oxygen atoms in total. The first-order valence-corrected chi connectivity index (χ1v) is 18.2. The summed E-state index contributed by atoms with van der Waals surface area (Å²) in [5.41, 5.74) is 12.4. The number of urea groups is 1. The van der Waals surface area contributed by atoms with Gasteiger partial charge in [-0.2, -0.15) is 4.99 Å².